The summed E-state index contributed by atoms with van der Waals surface area (Å²) in [4.78, 5) is 60.6. The van der Waals surface area contributed by atoms with Crippen molar-refractivity contribution in [2.75, 3.05) is 52.4 Å². The van der Waals surface area contributed by atoms with Crippen molar-refractivity contribution in [2.24, 2.45) is 5.92 Å². The fourth-order valence-electron chi connectivity index (χ4n) is 6.62. The average Bonchev–Trinajstić information content (AvgIpc) is 3.09. The highest BCUT2D eigenvalue weighted by Gasteiger charge is 2.33. The number of rotatable bonds is 5. The number of nitrogens with zero attached hydrogens (tertiary/aromatic N) is 3. The number of urea groups is 1. The molecule has 2 saturated heterocycles. The molecule has 3 aliphatic heterocycles. The van der Waals surface area contributed by atoms with Gasteiger partial charge in [0, 0.05) is 45.8 Å². The molecule has 254 valence electrons. The van der Waals surface area contributed by atoms with Crippen LogP contribution < -0.4 is 20.7 Å². The normalized spacial score (nSPS) is 23.5. The Labute approximate surface area is 278 Å². The number of ether oxygens (including phenoxy) is 1. The van der Waals surface area contributed by atoms with Crippen molar-refractivity contribution in [1.29, 1.82) is 0 Å². The van der Waals surface area contributed by atoms with Crippen LogP contribution in [0.3, 0.4) is 0 Å². The molecule has 2 fully saturated rings. The summed E-state index contributed by atoms with van der Waals surface area (Å²) < 4.78 is 6.12. The van der Waals surface area contributed by atoms with Crippen molar-refractivity contribution in [3.05, 3.63) is 65.2 Å². The summed E-state index contributed by atoms with van der Waals surface area (Å²) in [6, 6.07) is 13.3. The second kappa shape index (κ2) is 16.6. The van der Waals surface area contributed by atoms with E-state index in [-0.39, 0.29) is 36.7 Å². The number of hydrogen-bond acceptors (Lipinski definition) is 6. The first kappa shape index (κ1) is 34.2. The first-order valence-corrected chi connectivity index (χ1v) is 17.2. The first-order chi connectivity index (χ1) is 22.8. The summed E-state index contributed by atoms with van der Waals surface area (Å²) in [5, 5.41) is 8.82. The lowest BCUT2D eigenvalue weighted by Gasteiger charge is -2.36. The lowest BCUT2D eigenvalue weighted by Crippen LogP contribution is -2.59. The summed E-state index contributed by atoms with van der Waals surface area (Å²) in [6.45, 7) is 9.59. The van der Waals surface area contributed by atoms with E-state index >= 15 is 0 Å². The summed E-state index contributed by atoms with van der Waals surface area (Å²) in [5.74, 6) is -0.00916. The molecule has 3 atom stereocenters. The number of aryl methyl sites for hydroxylation is 2. The number of piperazine rings is 1. The molecule has 5 rings (SSSR count). The number of carbonyl (C=O) groups excluding carboxylic acids is 4. The quantitative estimate of drug-likeness (QED) is 0.459. The van der Waals surface area contributed by atoms with Crippen LogP contribution in [0.25, 0.3) is 0 Å². The van der Waals surface area contributed by atoms with Crippen LogP contribution in [0.1, 0.15) is 55.7 Å². The third-order valence-electron chi connectivity index (χ3n) is 9.74. The SMILES string of the molecule is CCN1CCN(C(=O)N[C@H]2CC(=O)N3CCCC(CCOc4ccc(C)c(c4)CNC(=O)[C@H](CCc4ccccc4)NC2=O)C3)CC1. The van der Waals surface area contributed by atoms with Crippen LogP contribution >= 0.6 is 0 Å². The minimum absolute atomic E-state index is 0.174. The van der Waals surface area contributed by atoms with Gasteiger partial charge in [-0.1, -0.05) is 43.3 Å². The lowest BCUT2D eigenvalue weighted by molar-refractivity contribution is -0.137. The maximum absolute atomic E-state index is 14.0. The minimum Gasteiger partial charge on any atom is -0.494 e. The molecule has 2 aromatic rings. The fraction of sp³-hybridized carbons (Fsp3) is 0.556. The number of piperidine rings is 1. The number of fused-ring (bicyclic) bond motifs is 4. The molecule has 1 unspecified atom stereocenters. The summed E-state index contributed by atoms with van der Waals surface area (Å²) in [7, 11) is 0. The van der Waals surface area contributed by atoms with Crippen LogP contribution in [0.2, 0.25) is 0 Å². The van der Waals surface area contributed by atoms with Crippen molar-refractivity contribution in [3.8, 4) is 5.75 Å². The van der Waals surface area contributed by atoms with Gasteiger partial charge in [0.1, 0.15) is 17.8 Å². The largest absolute Gasteiger partial charge is 0.494 e. The standard InChI is InChI=1S/C36H50N6O5/c1-3-40-17-19-41(20-18-40)36(46)39-32-23-33(43)42-16-7-10-28(25-42)15-21-47-30-13-11-26(2)29(22-30)24-37-34(44)31(38-35(32)45)14-12-27-8-5-4-6-9-27/h4-6,8-9,11,13,22,28,31-32H,3,7,10,12,14-21,23-25H2,1-2H3,(H,37,44)(H,38,45)(H,39,46)/t28?,31-,32-/m0/s1. The Morgan fingerprint density at radius 3 is 2.53 bits per heavy atom. The third kappa shape index (κ3) is 9.70. The smallest absolute Gasteiger partial charge is 0.318 e. The highest BCUT2D eigenvalue weighted by Crippen LogP contribution is 2.23. The van der Waals surface area contributed by atoms with Crippen molar-refractivity contribution < 1.29 is 23.9 Å². The number of nitrogens with one attached hydrogen (secondary N) is 3. The Bertz CT molecular complexity index is 1380. The predicted octanol–water partition coefficient (Wildman–Crippen LogP) is 2.86. The van der Waals surface area contributed by atoms with Crippen molar-refractivity contribution in [1.82, 2.24) is 30.7 Å². The number of carbonyl (C=O) groups is 4. The van der Waals surface area contributed by atoms with E-state index in [0.29, 0.717) is 45.6 Å². The summed E-state index contributed by atoms with van der Waals surface area (Å²) in [5.41, 5.74) is 3.01. The van der Waals surface area contributed by atoms with E-state index in [0.717, 1.165) is 61.3 Å². The van der Waals surface area contributed by atoms with Gasteiger partial charge in [-0.15, -0.1) is 0 Å². The van der Waals surface area contributed by atoms with Gasteiger partial charge in [-0.3, -0.25) is 14.4 Å². The molecule has 0 radical (unpaired) electrons. The van der Waals surface area contributed by atoms with Gasteiger partial charge < -0.3 is 35.4 Å². The topological polar surface area (TPSA) is 123 Å². The van der Waals surface area contributed by atoms with Crippen molar-refractivity contribution >= 4 is 23.8 Å². The van der Waals surface area contributed by atoms with E-state index in [1.807, 2.05) is 60.4 Å². The fourth-order valence-corrected chi connectivity index (χ4v) is 6.62. The zero-order valence-corrected chi connectivity index (χ0v) is 27.8. The van der Waals surface area contributed by atoms with Crippen molar-refractivity contribution in [3.63, 3.8) is 0 Å². The third-order valence-corrected chi connectivity index (χ3v) is 9.74. The van der Waals surface area contributed by atoms with Gasteiger partial charge in [-0.2, -0.15) is 0 Å². The number of amides is 5. The second-order valence-corrected chi connectivity index (χ2v) is 13.0. The molecule has 47 heavy (non-hydrogen) atoms. The van der Waals surface area contributed by atoms with E-state index in [2.05, 4.69) is 27.8 Å². The molecular weight excluding hydrogens is 596 g/mol. The zero-order chi connectivity index (χ0) is 33.2. The molecule has 0 saturated carbocycles. The monoisotopic (exact) mass is 646 g/mol. The Kier molecular flexibility index (Phi) is 12.1. The zero-order valence-electron chi connectivity index (χ0n) is 27.8. The number of benzene rings is 2. The van der Waals surface area contributed by atoms with E-state index in [1.165, 1.54) is 0 Å². The molecule has 3 N–H and O–H groups in total. The van der Waals surface area contributed by atoms with Crippen molar-refractivity contribution in [2.45, 2.75) is 71.0 Å². The van der Waals surface area contributed by atoms with E-state index < -0.39 is 18.0 Å². The average molecular weight is 647 g/mol. The number of likely N-dealkylation sites (N-methyl/N-ethyl adjacent to an activating group) is 1. The Hall–Kier alpha value is -4.12. The molecule has 0 aromatic heterocycles. The van der Waals surface area contributed by atoms with Crippen LogP contribution in [0.15, 0.2) is 48.5 Å². The van der Waals surface area contributed by atoms with Crippen LogP contribution in [0, 0.1) is 12.8 Å². The molecular formula is C36H50N6O5. The molecule has 4 bridgehead atoms. The van der Waals surface area contributed by atoms with Gasteiger partial charge in [0.2, 0.25) is 17.7 Å². The van der Waals surface area contributed by atoms with Crippen LogP contribution in [-0.2, 0) is 27.3 Å². The molecule has 11 nitrogen and oxygen atoms in total. The van der Waals surface area contributed by atoms with E-state index in [9.17, 15) is 19.2 Å². The van der Waals surface area contributed by atoms with Gasteiger partial charge in [0.05, 0.1) is 13.0 Å². The molecule has 2 aromatic carbocycles. The summed E-state index contributed by atoms with van der Waals surface area (Å²) in [6.07, 6.45) is 3.42. The Morgan fingerprint density at radius 2 is 1.77 bits per heavy atom. The Morgan fingerprint density at radius 1 is 0.979 bits per heavy atom. The first-order valence-electron chi connectivity index (χ1n) is 17.2. The molecule has 5 amide bonds. The molecule has 0 spiro atoms. The van der Waals surface area contributed by atoms with E-state index in [4.69, 9.17) is 4.74 Å². The highest BCUT2D eigenvalue weighted by molar-refractivity contribution is 5.94. The van der Waals surface area contributed by atoms with Gasteiger partial charge in [-0.05, 0) is 80.3 Å². The van der Waals surface area contributed by atoms with Crippen LogP contribution in [-0.4, -0.2) is 103 Å². The van der Waals surface area contributed by atoms with Gasteiger partial charge >= 0.3 is 6.03 Å². The van der Waals surface area contributed by atoms with Crippen LogP contribution in [0.4, 0.5) is 4.79 Å². The number of hydrogen-bond donors (Lipinski definition) is 3. The van der Waals surface area contributed by atoms with Crippen LogP contribution in [0.5, 0.6) is 5.75 Å². The van der Waals surface area contributed by atoms with Gasteiger partial charge in [0.15, 0.2) is 0 Å². The molecule has 3 heterocycles. The molecule has 0 aliphatic carbocycles. The maximum atomic E-state index is 14.0. The summed E-state index contributed by atoms with van der Waals surface area (Å²) >= 11 is 0. The van der Waals surface area contributed by atoms with Gasteiger partial charge in [-0.25, -0.2) is 4.79 Å². The second-order valence-electron chi connectivity index (χ2n) is 13.0. The minimum atomic E-state index is -1.12. The van der Waals surface area contributed by atoms with E-state index in [1.54, 1.807) is 4.90 Å². The maximum Gasteiger partial charge on any atom is 0.318 e. The molecule has 3 aliphatic rings. The Balaban J connectivity index is 1.38. The highest BCUT2D eigenvalue weighted by atomic mass is 16.5. The molecule has 11 heteroatoms. The lowest BCUT2D eigenvalue weighted by atomic mass is 9.94. The van der Waals surface area contributed by atoms with Gasteiger partial charge in [0.25, 0.3) is 0 Å². The predicted molar refractivity (Wildman–Crippen MR) is 180 cm³/mol.